The number of hydrogen-bond acceptors (Lipinski definition) is 5. The van der Waals surface area contributed by atoms with Crippen molar-refractivity contribution in [3.8, 4) is 22.8 Å². The van der Waals surface area contributed by atoms with Crippen LogP contribution < -0.4 is 9.64 Å². The maximum Gasteiger partial charge on any atom is 0.264 e. The van der Waals surface area contributed by atoms with Crippen LogP contribution in [-0.2, 0) is 46.4 Å². The number of benzene rings is 4. The molecule has 4 heterocycles. The summed E-state index contributed by atoms with van der Waals surface area (Å²) in [6, 6.07) is 31.6. The summed E-state index contributed by atoms with van der Waals surface area (Å²) in [5.74, 6) is 0.746. The first-order chi connectivity index (χ1) is 30.2. The quantitative estimate of drug-likeness (QED) is 0.133. The Morgan fingerprint density at radius 3 is 2.22 bits per heavy atom. The van der Waals surface area contributed by atoms with Crippen LogP contribution in [0, 0.1) is 13.8 Å². The number of amides is 2. The highest BCUT2D eigenvalue weighted by Crippen LogP contribution is 2.39. The van der Waals surface area contributed by atoms with Gasteiger partial charge in [-0.2, -0.15) is 0 Å². The molecule has 0 saturated carbocycles. The average Bonchev–Trinajstić information content (AvgIpc) is 3.75. The summed E-state index contributed by atoms with van der Waals surface area (Å²) in [5.41, 5.74) is 14.5. The number of ether oxygens (including phenoxy) is 1. The zero-order valence-corrected chi connectivity index (χ0v) is 37.8. The van der Waals surface area contributed by atoms with Crippen LogP contribution in [0.4, 0.5) is 11.4 Å². The van der Waals surface area contributed by atoms with E-state index in [0.29, 0.717) is 36.5 Å². The molecule has 9 nitrogen and oxygen atoms in total. The third kappa shape index (κ3) is 8.32. The Hall–Kier alpha value is -6.74. The van der Waals surface area contributed by atoms with Crippen LogP contribution >= 0.6 is 0 Å². The number of allylic oxidation sites excluding steroid dienone is 2. The van der Waals surface area contributed by atoms with Crippen LogP contribution in [0.5, 0.6) is 11.5 Å². The Bertz CT molecular complexity index is 2740. The van der Waals surface area contributed by atoms with Crippen molar-refractivity contribution in [2.75, 3.05) is 18.1 Å². The lowest BCUT2D eigenvalue weighted by Gasteiger charge is -2.36. The normalized spacial score (nSPS) is 14.6. The molecule has 2 aromatic heterocycles. The molecule has 0 aliphatic carbocycles. The van der Waals surface area contributed by atoms with E-state index in [-0.39, 0.29) is 23.6 Å². The molecule has 0 fully saturated rings. The summed E-state index contributed by atoms with van der Waals surface area (Å²) in [6.07, 6.45) is 3.25. The van der Waals surface area contributed by atoms with Crippen molar-refractivity contribution in [3.05, 3.63) is 172 Å². The molecule has 0 saturated heterocycles. The number of phenols is 1. The second-order valence-electron chi connectivity index (χ2n) is 17.4. The predicted molar refractivity (Wildman–Crippen MR) is 254 cm³/mol. The smallest absolute Gasteiger partial charge is 0.264 e. The van der Waals surface area contributed by atoms with Crippen molar-refractivity contribution >= 4 is 28.8 Å². The number of hydrogen-bond donors (Lipinski definition) is 1. The number of aromatic hydroxyl groups is 1. The lowest BCUT2D eigenvalue weighted by atomic mass is 9.89. The van der Waals surface area contributed by atoms with Crippen molar-refractivity contribution in [1.29, 1.82) is 0 Å². The molecular formula is C54H59N5O4. The van der Waals surface area contributed by atoms with Crippen LogP contribution in [0.25, 0.3) is 16.8 Å². The highest BCUT2D eigenvalue weighted by Gasteiger charge is 2.33. The fraction of sp³-hybridized carbons (Fsp3) is 0.296. The van der Waals surface area contributed by atoms with E-state index >= 15 is 9.59 Å². The highest BCUT2D eigenvalue weighted by molar-refractivity contribution is 6.13. The van der Waals surface area contributed by atoms with Gasteiger partial charge in [0.05, 0.1) is 17.9 Å². The lowest BCUT2D eigenvalue weighted by molar-refractivity contribution is 0.0658. The van der Waals surface area contributed by atoms with Gasteiger partial charge in [-0.15, -0.1) is 0 Å². The summed E-state index contributed by atoms with van der Waals surface area (Å²) >= 11 is 0. The summed E-state index contributed by atoms with van der Waals surface area (Å²) in [4.78, 5) is 36.4. The maximum absolute atomic E-state index is 15.2. The largest absolute Gasteiger partial charge is 0.508 e. The van der Waals surface area contributed by atoms with Gasteiger partial charge in [-0.3, -0.25) is 14.5 Å². The standard InChI is InChI=1S/C54H59N5O4/c1-10-25-63-46-21-15-39(16-22-46)26-35(4)57-24-23-41-28-48(49(29-43(41)32-57)53(61)58-33-42-14-12-11-13-40(42)27-36(58)5)52-30-47(37(6)55(52)8)54(62)59(44-17-19-45(60)20-18-44)51-31-50(34(2)3)56(9)38(51)7/h11-22,28-31,36,60H,2,4,10,23-27,32-33H2,1,3,5-9H3. The number of fused-ring (bicyclic) bond motifs is 2. The highest BCUT2D eigenvalue weighted by atomic mass is 16.5. The molecule has 1 N–H and O–H groups in total. The monoisotopic (exact) mass is 841 g/mol. The summed E-state index contributed by atoms with van der Waals surface area (Å²) in [5, 5.41) is 10.2. The average molecular weight is 842 g/mol. The van der Waals surface area contributed by atoms with Gasteiger partial charge in [-0.1, -0.05) is 56.5 Å². The minimum atomic E-state index is -0.216. The topological polar surface area (TPSA) is 83.2 Å². The van der Waals surface area contributed by atoms with Gasteiger partial charge >= 0.3 is 0 Å². The van der Waals surface area contributed by atoms with Gasteiger partial charge in [0.25, 0.3) is 11.8 Å². The van der Waals surface area contributed by atoms with Crippen LogP contribution in [-0.4, -0.2) is 55.0 Å². The molecule has 4 aromatic carbocycles. The van der Waals surface area contributed by atoms with Crippen LogP contribution in [0.2, 0.25) is 0 Å². The van der Waals surface area contributed by atoms with Crippen molar-refractivity contribution in [3.63, 3.8) is 0 Å². The predicted octanol–water partition coefficient (Wildman–Crippen LogP) is 10.9. The van der Waals surface area contributed by atoms with Crippen LogP contribution in [0.15, 0.2) is 116 Å². The van der Waals surface area contributed by atoms with E-state index in [9.17, 15) is 5.11 Å². The molecule has 1 atom stereocenters. The second kappa shape index (κ2) is 17.6. The number of aromatic nitrogens is 2. The van der Waals surface area contributed by atoms with Gasteiger partial charge in [0.15, 0.2) is 0 Å². The van der Waals surface area contributed by atoms with E-state index < -0.39 is 0 Å². The summed E-state index contributed by atoms with van der Waals surface area (Å²) in [7, 11) is 3.95. The van der Waals surface area contributed by atoms with Crippen molar-refractivity contribution in [2.24, 2.45) is 14.1 Å². The molecule has 2 aliphatic rings. The summed E-state index contributed by atoms with van der Waals surface area (Å²) < 4.78 is 9.90. The zero-order valence-electron chi connectivity index (χ0n) is 37.8. The fourth-order valence-corrected chi connectivity index (χ4v) is 9.23. The number of phenolic OH excluding ortho intramolecular Hbond substituents is 1. The van der Waals surface area contributed by atoms with E-state index in [2.05, 4.69) is 74.4 Å². The van der Waals surface area contributed by atoms with Gasteiger partial charge in [0.1, 0.15) is 11.5 Å². The number of carbonyl (C=O) groups is 2. The van der Waals surface area contributed by atoms with E-state index in [1.54, 1.807) is 29.2 Å². The minimum absolute atomic E-state index is 0.00400. The fourth-order valence-electron chi connectivity index (χ4n) is 9.23. The molecule has 2 aliphatic heterocycles. The Kier molecular flexibility index (Phi) is 12.0. The molecule has 0 spiro atoms. The number of rotatable bonds is 12. The molecule has 324 valence electrons. The van der Waals surface area contributed by atoms with E-state index in [1.807, 2.05) is 79.2 Å². The molecule has 8 rings (SSSR count). The number of anilines is 2. The summed E-state index contributed by atoms with van der Waals surface area (Å²) in [6.45, 7) is 21.5. The minimum Gasteiger partial charge on any atom is -0.508 e. The zero-order chi connectivity index (χ0) is 44.7. The van der Waals surface area contributed by atoms with Gasteiger partial charge in [-0.05, 0) is 141 Å². The lowest BCUT2D eigenvalue weighted by Crippen LogP contribution is -2.43. The first-order valence-electron chi connectivity index (χ1n) is 22.0. The van der Waals surface area contributed by atoms with Crippen molar-refractivity contribution in [1.82, 2.24) is 18.9 Å². The molecule has 0 bridgehead atoms. The van der Waals surface area contributed by atoms with Crippen LogP contribution in [0.1, 0.15) is 92.8 Å². The SMILES string of the molecule is C=C(C)c1cc(N(C(=O)c2cc(-c3cc4c(cc3C(=O)N3Cc5ccccc5CC3C)CN(C(=C)Cc3ccc(OCCC)cc3)CC4)n(C)c2C)c2ccc(O)cc2)c(C)n1C. The molecule has 1 unspecified atom stereocenters. The van der Waals surface area contributed by atoms with Gasteiger partial charge in [0.2, 0.25) is 0 Å². The molecule has 9 heteroatoms. The maximum atomic E-state index is 15.2. The Labute approximate surface area is 372 Å². The van der Waals surface area contributed by atoms with E-state index in [1.165, 1.54) is 22.3 Å². The van der Waals surface area contributed by atoms with Crippen LogP contribution in [0.3, 0.4) is 0 Å². The van der Waals surface area contributed by atoms with Gasteiger partial charge in [0, 0.05) is 91.5 Å². The second-order valence-corrected chi connectivity index (χ2v) is 17.4. The van der Waals surface area contributed by atoms with Crippen molar-refractivity contribution < 1.29 is 19.4 Å². The molecule has 2 amide bonds. The number of carbonyl (C=O) groups excluding carboxylic acids is 2. The Morgan fingerprint density at radius 1 is 0.825 bits per heavy atom. The van der Waals surface area contributed by atoms with E-state index in [0.717, 1.165) is 88.8 Å². The third-order valence-electron chi connectivity index (χ3n) is 13.1. The van der Waals surface area contributed by atoms with Gasteiger partial charge < -0.3 is 28.8 Å². The molecule has 0 radical (unpaired) electrons. The molecular weight excluding hydrogens is 783 g/mol. The number of nitrogens with zero attached hydrogens (tertiary/aromatic N) is 5. The molecule has 6 aromatic rings. The first kappa shape index (κ1) is 42.9. The Balaban J connectivity index is 1.19. The first-order valence-corrected chi connectivity index (χ1v) is 22.0. The van der Waals surface area contributed by atoms with E-state index in [4.69, 9.17) is 4.74 Å². The van der Waals surface area contributed by atoms with Crippen molar-refractivity contribution in [2.45, 2.75) is 79.4 Å². The Morgan fingerprint density at radius 2 is 1.54 bits per heavy atom. The van der Waals surface area contributed by atoms with Gasteiger partial charge in [-0.25, -0.2) is 0 Å². The third-order valence-corrected chi connectivity index (χ3v) is 13.1. The molecule has 63 heavy (non-hydrogen) atoms.